The van der Waals surface area contributed by atoms with Crippen molar-refractivity contribution < 1.29 is 4.74 Å². The summed E-state index contributed by atoms with van der Waals surface area (Å²) in [7, 11) is 0. The molecule has 0 spiro atoms. The van der Waals surface area contributed by atoms with Gasteiger partial charge in [-0.1, -0.05) is 23.2 Å². The summed E-state index contributed by atoms with van der Waals surface area (Å²) in [6, 6.07) is 9.79. The molecular formula is C12H7Cl2N3O. The number of pyridine rings is 1. The maximum absolute atomic E-state index is 8.81. The van der Waals surface area contributed by atoms with Gasteiger partial charge in [0, 0.05) is 17.2 Å². The summed E-state index contributed by atoms with van der Waals surface area (Å²) >= 11 is 11.8. The van der Waals surface area contributed by atoms with Crippen molar-refractivity contribution >= 4 is 28.9 Å². The lowest BCUT2D eigenvalue weighted by Gasteiger charge is -2.07. The van der Waals surface area contributed by atoms with E-state index >= 15 is 0 Å². The van der Waals surface area contributed by atoms with Gasteiger partial charge in [-0.2, -0.15) is 5.26 Å². The lowest BCUT2D eigenvalue weighted by atomic mass is 10.3. The van der Waals surface area contributed by atoms with Gasteiger partial charge in [0.1, 0.15) is 11.8 Å². The van der Waals surface area contributed by atoms with Gasteiger partial charge in [0.15, 0.2) is 5.69 Å². The Morgan fingerprint density at radius 1 is 1.22 bits per heavy atom. The molecule has 1 aromatic heterocycles. The van der Waals surface area contributed by atoms with Crippen LogP contribution in [0.3, 0.4) is 0 Å². The maximum Gasteiger partial charge on any atom is 0.220 e. The SMILES string of the molecule is N#Cc1nc(Oc2cc(Cl)ccc2Cl)ccc1N. The standard InChI is InChI=1S/C12H7Cl2N3O/c13-7-1-2-8(14)11(5-7)18-12-4-3-9(16)10(6-15)17-12/h1-5H,16H2. The van der Waals surface area contributed by atoms with E-state index in [9.17, 15) is 0 Å². The lowest BCUT2D eigenvalue weighted by molar-refractivity contribution is 0.463. The highest BCUT2D eigenvalue weighted by Gasteiger charge is 2.07. The van der Waals surface area contributed by atoms with Gasteiger partial charge in [0.25, 0.3) is 0 Å². The van der Waals surface area contributed by atoms with Gasteiger partial charge in [-0.15, -0.1) is 0 Å². The second-order valence-corrected chi connectivity index (χ2v) is 4.22. The van der Waals surface area contributed by atoms with Crippen LogP contribution in [0.2, 0.25) is 10.0 Å². The molecule has 0 saturated carbocycles. The topological polar surface area (TPSA) is 71.9 Å². The number of hydrogen-bond donors (Lipinski definition) is 1. The van der Waals surface area contributed by atoms with E-state index < -0.39 is 0 Å². The average Bonchev–Trinajstić information content (AvgIpc) is 2.36. The Balaban J connectivity index is 2.34. The van der Waals surface area contributed by atoms with Gasteiger partial charge in [-0.05, 0) is 18.2 Å². The van der Waals surface area contributed by atoms with E-state index in [-0.39, 0.29) is 11.6 Å². The molecule has 2 rings (SSSR count). The van der Waals surface area contributed by atoms with Gasteiger partial charge >= 0.3 is 0 Å². The average molecular weight is 280 g/mol. The number of nitrogens with two attached hydrogens (primary N) is 1. The van der Waals surface area contributed by atoms with Crippen LogP contribution in [0.15, 0.2) is 30.3 Å². The highest BCUT2D eigenvalue weighted by atomic mass is 35.5. The molecule has 1 aromatic carbocycles. The van der Waals surface area contributed by atoms with Gasteiger partial charge in [-0.3, -0.25) is 0 Å². The van der Waals surface area contributed by atoms with Crippen LogP contribution in [0.5, 0.6) is 11.6 Å². The molecule has 0 aliphatic rings. The number of anilines is 1. The van der Waals surface area contributed by atoms with Crippen LogP contribution in [-0.4, -0.2) is 4.98 Å². The van der Waals surface area contributed by atoms with E-state index in [1.54, 1.807) is 30.3 Å². The van der Waals surface area contributed by atoms with E-state index in [1.807, 2.05) is 6.07 Å². The number of aromatic nitrogens is 1. The molecule has 18 heavy (non-hydrogen) atoms. The summed E-state index contributed by atoms with van der Waals surface area (Å²) in [5, 5.41) is 9.70. The summed E-state index contributed by atoms with van der Waals surface area (Å²) < 4.78 is 5.45. The van der Waals surface area contributed by atoms with E-state index in [1.165, 1.54) is 0 Å². The Hall–Kier alpha value is -1.96. The number of rotatable bonds is 2. The van der Waals surface area contributed by atoms with E-state index in [0.29, 0.717) is 21.5 Å². The molecule has 0 bridgehead atoms. The minimum atomic E-state index is 0.102. The zero-order valence-corrected chi connectivity index (χ0v) is 10.5. The lowest BCUT2D eigenvalue weighted by Crippen LogP contribution is -1.96. The summed E-state index contributed by atoms with van der Waals surface area (Å²) in [5.41, 5.74) is 5.96. The van der Waals surface area contributed by atoms with Crippen molar-refractivity contribution in [3.05, 3.63) is 46.1 Å². The Bertz CT molecular complexity index is 638. The van der Waals surface area contributed by atoms with Crippen molar-refractivity contribution in [3.8, 4) is 17.7 Å². The summed E-state index contributed by atoms with van der Waals surface area (Å²) in [5.74, 6) is 0.593. The van der Waals surface area contributed by atoms with Crippen LogP contribution < -0.4 is 10.5 Å². The fourth-order valence-corrected chi connectivity index (χ4v) is 1.58. The first-order chi connectivity index (χ1) is 8.60. The number of hydrogen-bond acceptors (Lipinski definition) is 4. The highest BCUT2D eigenvalue weighted by Crippen LogP contribution is 2.31. The van der Waals surface area contributed by atoms with Gasteiger partial charge in [-0.25, -0.2) is 4.98 Å². The Morgan fingerprint density at radius 3 is 2.72 bits per heavy atom. The van der Waals surface area contributed by atoms with Crippen LogP contribution in [0.1, 0.15) is 5.69 Å². The van der Waals surface area contributed by atoms with Gasteiger partial charge < -0.3 is 10.5 Å². The Morgan fingerprint density at radius 2 is 2.00 bits per heavy atom. The summed E-state index contributed by atoms with van der Waals surface area (Å²) in [6.07, 6.45) is 0. The third-order valence-corrected chi connectivity index (χ3v) is 2.66. The number of ether oxygens (including phenoxy) is 1. The number of nitrogen functional groups attached to an aromatic ring is 1. The first-order valence-electron chi connectivity index (χ1n) is 4.89. The van der Waals surface area contributed by atoms with Crippen molar-refractivity contribution in [2.24, 2.45) is 0 Å². The minimum Gasteiger partial charge on any atom is -0.437 e. The molecule has 0 aliphatic carbocycles. The molecule has 0 fully saturated rings. The van der Waals surface area contributed by atoms with Crippen LogP contribution in [0.25, 0.3) is 0 Å². The molecule has 0 unspecified atom stereocenters. The normalized spacial score (nSPS) is 9.83. The van der Waals surface area contributed by atoms with Crippen molar-refractivity contribution in [2.75, 3.05) is 5.73 Å². The number of halogens is 2. The van der Waals surface area contributed by atoms with Gasteiger partial charge in [0.2, 0.25) is 5.88 Å². The van der Waals surface area contributed by atoms with E-state index in [2.05, 4.69) is 4.98 Å². The van der Waals surface area contributed by atoms with Crippen LogP contribution in [0.4, 0.5) is 5.69 Å². The molecule has 6 heteroatoms. The molecule has 0 aliphatic heterocycles. The third kappa shape index (κ3) is 2.65. The molecule has 2 aromatic rings. The fourth-order valence-electron chi connectivity index (χ4n) is 1.27. The monoisotopic (exact) mass is 279 g/mol. The van der Waals surface area contributed by atoms with Crippen LogP contribution in [0, 0.1) is 11.3 Å². The molecule has 0 radical (unpaired) electrons. The minimum absolute atomic E-state index is 0.102. The van der Waals surface area contributed by atoms with Crippen molar-refractivity contribution in [2.45, 2.75) is 0 Å². The third-order valence-electron chi connectivity index (χ3n) is 2.11. The quantitative estimate of drug-likeness (QED) is 0.911. The van der Waals surface area contributed by atoms with Crippen molar-refractivity contribution in [1.82, 2.24) is 4.98 Å². The molecule has 4 nitrogen and oxygen atoms in total. The molecule has 2 N–H and O–H groups in total. The molecule has 90 valence electrons. The second kappa shape index (κ2) is 5.13. The molecule has 0 saturated heterocycles. The summed E-state index contributed by atoms with van der Waals surface area (Å²) in [6.45, 7) is 0. The zero-order chi connectivity index (χ0) is 13.1. The Labute approximate surface area is 114 Å². The zero-order valence-electron chi connectivity index (χ0n) is 9.02. The molecule has 0 amide bonds. The second-order valence-electron chi connectivity index (χ2n) is 3.38. The largest absolute Gasteiger partial charge is 0.437 e. The first kappa shape index (κ1) is 12.5. The number of benzene rings is 1. The van der Waals surface area contributed by atoms with Crippen LogP contribution in [-0.2, 0) is 0 Å². The highest BCUT2D eigenvalue weighted by molar-refractivity contribution is 6.34. The predicted octanol–water partition coefficient (Wildman–Crippen LogP) is 3.63. The fraction of sp³-hybridized carbons (Fsp3) is 0. The van der Waals surface area contributed by atoms with E-state index in [0.717, 1.165) is 0 Å². The first-order valence-corrected chi connectivity index (χ1v) is 5.65. The van der Waals surface area contributed by atoms with Crippen molar-refractivity contribution in [1.29, 1.82) is 5.26 Å². The van der Waals surface area contributed by atoms with E-state index in [4.69, 9.17) is 38.9 Å². The number of nitrogens with zero attached hydrogens (tertiary/aromatic N) is 2. The molecule has 0 atom stereocenters. The number of nitriles is 1. The Kier molecular flexibility index (Phi) is 3.56. The molecular weight excluding hydrogens is 273 g/mol. The van der Waals surface area contributed by atoms with Gasteiger partial charge in [0.05, 0.1) is 10.7 Å². The molecule has 1 heterocycles. The smallest absolute Gasteiger partial charge is 0.220 e. The van der Waals surface area contributed by atoms with Crippen LogP contribution >= 0.6 is 23.2 Å². The predicted molar refractivity (Wildman–Crippen MR) is 69.9 cm³/mol. The summed E-state index contributed by atoms with van der Waals surface area (Å²) in [4.78, 5) is 3.95. The maximum atomic E-state index is 8.81. The van der Waals surface area contributed by atoms with Crippen molar-refractivity contribution in [3.63, 3.8) is 0 Å².